The average molecular weight is 273 g/mol. The van der Waals surface area contributed by atoms with Gasteiger partial charge in [0.1, 0.15) is 0 Å². The Kier molecular flexibility index (Phi) is 4.06. The van der Waals surface area contributed by atoms with Gasteiger partial charge in [0.15, 0.2) is 0 Å². The lowest BCUT2D eigenvalue weighted by Gasteiger charge is -2.29. The van der Waals surface area contributed by atoms with E-state index in [1.54, 1.807) is 0 Å². The standard InChI is InChI=1S/C17H23NO2/c19-12-14-6-4-13(5-7-14)10-15-8-9-18(11-15)17(20)16-2-1-3-16/h4-7,15-16,19H,1-3,8-12H2/t15-/m0/s1. The summed E-state index contributed by atoms with van der Waals surface area (Å²) >= 11 is 0. The Morgan fingerprint density at radius 2 is 1.85 bits per heavy atom. The van der Waals surface area contributed by atoms with Crippen molar-refractivity contribution in [2.75, 3.05) is 13.1 Å². The molecule has 1 aromatic carbocycles. The van der Waals surface area contributed by atoms with Crippen molar-refractivity contribution in [3.63, 3.8) is 0 Å². The molecule has 1 saturated carbocycles. The van der Waals surface area contributed by atoms with Gasteiger partial charge in [-0.1, -0.05) is 30.7 Å². The monoisotopic (exact) mass is 273 g/mol. The van der Waals surface area contributed by atoms with E-state index < -0.39 is 0 Å². The van der Waals surface area contributed by atoms with Crippen molar-refractivity contribution in [2.24, 2.45) is 11.8 Å². The van der Waals surface area contributed by atoms with E-state index in [1.807, 2.05) is 12.1 Å². The molecule has 0 radical (unpaired) electrons. The number of aliphatic hydroxyl groups excluding tert-OH is 1. The van der Waals surface area contributed by atoms with Crippen molar-refractivity contribution >= 4 is 5.91 Å². The quantitative estimate of drug-likeness (QED) is 0.915. The number of likely N-dealkylation sites (tertiary alicyclic amines) is 1. The van der Waals surface area contributed by atoms with Crippen LogP contribution >= 0.6 is 0 Å². The maximum absolute atomic E-state index is 12.2. The zero-order chi connectivity index (χ0) is 13.9. The van der Waals surface area contributed by atoms with Gasteiger partial charge in [-0.05, 0) is 42.7 Å². The highest BCUT2D eigenvalue weighted by Gasteiger charge is 2.33. The molecule has 1 N–H and O–H groups in total. The van der Waals surface area contributed by atoms with Gasteiger partial charge < -0.3 is 10.0 Å². The van der Waals surface area contributed by atoms with Crippen LogP contribution in [0.3, 0.4) is 0 Å². The number of carbonyl (C=O) groups excluding carboxylic acids is 1. The Morgan fingerprint density at radius 1 is 1.15 bits per heavy atom. The number of hydrogen-bond donors (Lipinski definition) is 1. The van der Waals surface area contributed by atoms with Gasteiger partial charge in [0.25, 0.3) is 0 Å². The molecule has 1 aliphatic heterocycles. The predicted molar refractivity (Wildman–Crippen MR) is 78.1 cm³/mol. The highest BCUT2D eigenvalue weighted by atomic mass is 16.3. The first-order valence-corrected chi connectivity index (χ1v) is 7.73. The van der Waals surface area contributed by atoms with Gasteiger partial charge in [0.05, 0.1) is 6.61 Å². The summed E-state index contributed by atoms with van der Waals surface area (Å²) in [5, 5.41) is 9.05. The van der Waals surface area contributed by atoms with Crippen LogP contribution in [0.5, 0.6) is 0 Å². The Morgan fingerprint density at radius 3 is 2.45 bits per heavy atom. The molecule has 0 aromatic heterocycles. The molecule has 108 valence electrons. The highest BCUT2D eigenvalue weighted by Crippen LogP contribution is 2.31. The molecular weight excluding hydrogens is 250 g/mol. The van der Waals surface area contributed by atoms with Crippen LogP contribution in [-0.2, 0) is 17.8 Å². The Labute approximate surface area is 120 Å². The second-order valence-electron chi connectivity index (χ2n) is 6.25. The molecule has 2 fully saturated rings. The largest absolute Gasteiger partial charge is 0.392 e. The molecule has 3 heteroatoms. The number of benzene rings is 1. The number of amides is 1. The van der Waals surface area contributed by atoms with Crippen molar-refractivity contribution < 1.29 is 9.90 Å². The molecule has 3 nitrogen and oxygen atoms in total. The number of carbonyl (C=O) groups is 1. The molecule has 0 spiro atoms. The van der Waals surface area contributed by atoms with Crippen LogP contribution in [0.4, 0.5) is 0 Å². The van der Waals surface area contributed by atoms with E-state index in [1.165, 1.54) is 12.0 Å². The van der Waals surface area contributed by atoms with Crippen LogP contribution in [0.1, 0.15) is 36.8 Å². The highest BCUT2D eigenvalue weighted by molar-refractivity contribution is 5.79. The van der Waals surface area contributed by atoms with Crippen molar-refractivity contribution in [3.05, 3.63) is 35.4 Å². The third kappa shape index (κ3) is 2.88. The van der Waals surface area contributed by atoms with Crippen LogP contribution in [0.15, 0.2) is 24.3 Å². The van der Waals surface area contributed by atoms with E-state index in [0.717, 1.165) is 44.3 Å². The fourth-order valence-electron chi connectivity index (χ4n) is 3.23. The summed E-state index contributed by atoms with van der Waals surface area (Å²) in [7, 11) is 0. The van der Waals surface area contributed by atoms with Crippen LogP contribution in [0.2, 0.25) is 0 Å². The molecule has 1 aromatic rings. The zero-order valence-corrected chi connectivity index (χ0v) is 11.9. The summed E-state index contributed by atoms with van der Waals surface area (Å²) in [5.41, 5.74) is 2.27. The first-order valence-electron chi connectivity index (χ1n) is 7.73. The van der Waals surface area contributed by atoms with Gasteiger partial charge in [-0.25, -0.2) is 0 Å². The number of aliphatic hydroxyl groups is 1. The molecule has 1 aliphatic carbocycles. The average Bonchev–Trinajstić information content (AvgIpc) is 2.86. The molecule has 0 unspecified atom stereocenters. The predicted octanol–water partition coefficient (Wildman–Crippen LogP) is 2.37. The zero-order valence-electron chi connectivity index (χ0n) is 11.9. The summed E-state index contributed by atoms with van der Waals surface area (Å²) in [5.74, 6) is 1.32. The molecular formula is C17H23NO2. The first-order chi connectivity index (χ1) is 9.76. The van der Waals surface area contributed by atoms with Crippen LogP contribution in [0, 0.1) is 11.8 Å². The summed E-state index contributed by atoms with van der Waals surface area (Å²) in [6.07, 6.45) is 5.59. The molecule has 1 heterocycles. The second-order valence-corrected chi connectivity index (χ2v) is 6.25. The minimum Gasteiger partial charge on any atom is -0.392 e. The second kappa shape index (κ2) is 5.96. The van der Waals surface area contributed by atoms with E-state index in [4.69, 9.17) is 5.11 Å². The van der Waals surface area contributed by atoms with E-state index >= 15 is 0 Å². The fraction of sp³-hybridized carbons (Fsp3) is 0.588. The smallest absolute Gasteiger partial charge is 0.225 e. The maximum atomic E-state index is 12.2. The van der Waals surface area contributed by atoms with Crippen LogP contribution in [-0.4, -0.2) is 29.0 Å². The van der Waals surface area contributed by atoms with Crippen molar-refractivity contribution in [2.45, 2.75) is 38.7 Å². The molecule has 1 amide bonds. The fourth-order valence-corrected chi connectivity index (χ4v) is 3.23. The maximum Gasteiger partial charge on any atom is 0.225 e. The lowest BCUT2D eigenvalue weighted by molar-refractivity contribution is -0.137. The Hall–Kier alpha value is -1.35. The van der Waals surface area contributed by atoms with Crippen LogP contribution < -0.4 is 0 Å². The molecule has 1 atom stereocenters. The minimum atomic E-state index is 0.105. The summed E-state index contributed by atoms with van der Waals surface area (Å²) in [6, 6.07) is 8.17. The molecule has 3 rings (SSSR count). The van der Waals surface area contributed by atoms with E-state index in [0.29, 0.717) is 17.7 Å². The van der Waals surface area contributed by atoms with Gasteiger partial charge in [0, 0.05) is 19.0 Å². The third-order valence-electron chi connectivity index (χ3n) is 4.78. The topological polar surface area (TPSA) is 40.5 Å². The van der Waals surface area contributed by atoms with Crippen molar-refractivity contribution in [3.8, 4) is 0 Å². The summed E-state index contributed by atoms with van der Waals surface area (Å²) < 4.78 is 0. The molecule has 2 aliphatic rings. The summed E-state index contributed by atoms with van der Waals surface area (Å²) in [6.45, 7) is 1.97. The van der Waals surface area contributed by atoms with E-state index in [2.05, 4.69) is 17.0 Å². The van der Waals surface area contributed by atoms with Crippen molar-refractivity contribution in [1.29, 1.82) is 0 Å². The van der Waals surface area contributed by atoms with E-state index in [9.17, 15) is 4.79 Å². The van der Waals surface area contributed by atoms with Gasteiger partial charge in [-0.3, -0.25) is 4.79 Å². The Balaban J connectivity index is 1.52. The number of hydrogen-bond acceptors (Lipinski definition) is 2. The van der Waals surface area contributed by atoms with Gasteiger partial charge >= 0.3 is 0 Å². The Bertz CT molecular complexity index is 464. The van der Waals surface area contributed by atoms with Gasteiger partial charge in [0.2, 0.25) is 5.91 Å². The lowest BCUT2D eigenvalue weighted by Crippen LogP contribution is -2.37. The molecule has 1 saturated heterocycles. The number of rotatable bonds is 4. The van der Waals surface area contributed by atoms with E-state index in [-0.39, 0.29) is 6.61 Å². The summed E-state index contributed by atoms with van der Waals surface area (Å²) in [4.78, 5) is 14.3. The first kappa shape index (κ1) is 13.6. The third-order valence-corrected chi connectivity index (χ3v) is 4.78. The van der Waals surface area contributed by atoms with Crippen molar-refractivity contribution in [1.82, 2.24) is 4.90 Å². The lowest BCUT2D eigenvalue weighted by atomic mass is 9.84. The number of nitrogens with zero attached hydrogens (tertiary/aromatic N) is 1. The van der Waals surface area contributed by atoms with Crippen LogP contribution in [0.25, 0.3) is 0 Å². The molecule has 0 bridgehead atoms. The SMILES string of the molecule is O=C(C1CCC1)N1CC[C@@H](Cc2ccc(CO)cc2)C1. The van der Waals surface area contributed by atoms with Gasteiger partial charge in [-0.2, -0.15) is 0 Å². The normalized spacial score (nSPS) is 22.9. The minimum absolute atomic E-state index is 0.105. The molecule has 20 heavy (non-hydrogen) atoms. The van der Waals surface area contributed by atoms with Gasteiger partial charge in [-0.15, -0.1) is 0 Å².